The molecule has 0 aromatic carbocycles. The van der Waals surface area contributed by atoms with Gasteiger partial charge in [0.25, 0.3) is 0 Å². The van der Waals surface area contributed by atoms with Crippen LogP contribution >= 0.6 is 27.5 Å². The summed E-state index contributed by atoms with van der Waals surface area (Å²) >= 11 is 9.16. The normalized spacial score (nSPS) is 16.2. The lowest BCUT2D eigenvalue weighted by atomic mass is 10.4. The molecule has 0 unspecified atom stereocenters. The molecule has 0 radical (unpaired) electrons. The van der Waals surface area contributed by atoms with E-state index in [2.05, 4.69) is 20.9 Å². The summed E-state index contributed by atoms with van der Waals surface area (Å²) < 4.78 is 6.18. The fraction of sp³-hybridized carbons (Fsp3) is 0.375. The first-order valence-electron chi connectivity index (χ1n) is 3.74. The zero-order valence-corrected chi connectivity index (χ0v) is 8.60. The van der Waals surface area contributed by atoms with Gasteiger partial charge in [-0.1, -0.05) is 11.6 Å². The molecule has 12 heavy (non-hydrogen) atoms. The number of aromatic nitrogens is 1. The maximum atomic E-state index is 5.93. The molecule has 64 valence electrons. The van der Waals surface area contributed by atoms with Gasteiger partial charge in [-0.3, -0.25) is 0 Å². The molecule has 2 rings (SSSR count). The van der Waals surface area contributed by atoms with Crippen molar-refractivity contribution in [1.82, 2.24) is 4.98 Å². The molecule has 1 aromatic rings. The molecule has 2 nitrogen and oxygen atoms in total. The van der Waals surface area contributed by atoms with Gasteiger partial charge in [0.15, 0.2) is 0 Å². The Balaban J connectivity index is 2.23. The summed E-state index contributed by atoms with van der Waals surface area (Å²) in [4.78, 5) is 3.97. The summed E-state index contributed by atoms with van der Waals surface area (Å²) in [5, 5.41) is 0.560. The van der Waals surface area contributed by atoms with Gasteiger partial charge in [-0.25, -0.2) is 4.98 Å². The van der Waals surface area contributed by atoms with E-state index >= 15 is 0 Å². The van der Waals surface area contributed by atoms with E-state index in [-0.39, 0.29) is 0 Å². The lowest BCUT2D eigenvalue weighted by Gasteiger charge is -2.05. The third-order valence-electron chi connectivity index (χ3n) is 1.63. The third kappa shape index (κ3) is 1.72. The van der Waals surface area contributed by atoms with Crippen molar-refractivity contribution in [1.29, 1.82) is 0 Å². The molecule has 0 atom stereocenters. The van der Waals surface area contributed by atoms with Gasteiger partial charge in [0.1, 0.15) is 15.4 Å². The van der Waals surface area contributed by atoms with E-state index in [9.17, 15) is 0 Å². The molecule has 4 heteroatoms. The van der Waals surface area contributed by atoms with Crippen molar-refractivity contribution in [3.05, 3.63) is 21.9 Å². The molecule has 1 aliphatic carbocycles. The maximum absolute atomic E-state index is 5.93. The van der Waals surface area contributed by atoms with Crippen LogP contribution in [0.1, 0.15) is 12.8 Å². The van der Waals surface area contributed by atoms with Gasteiger partial charge in [-0.2, -0.15) is 0 Å². The minimum Gasteiger partial charge on any atom is -0.489 e. The van der Waals surface area contributed by atoms with Crippen LogP contribution in [0, 0.1) is 0 Å². The predicted molar refractivity (Wildman–Crippen MR) is 50.6 cm³/mol. The SMILES string of the molecule is Clc1c(OC2CC2)ccnc1Br. The minimum absolute atomic E-state index is 0.372. The van der Waals surface area contributed by atoms with E-state index in [4.69, 9.17) is 16.3 Å². The Kier molecular flexibility index (Phi) is 2.24. The van der Waals surface area contributed by atoms with Gasteiger partial charge >= 0.3 is 0 Å². The number of ether oxygens (including phenoxy) is 1. The number of hydrogen-bond acceptors (Lipinski definition) is 2. The van der Waals surface area contributed by atoms with Crippen molar-refractivity contribution in [3.63, 3.8) is 0 Å². The predicted octanol–water partition coefficient (Wildman–Crippen LogP) is 3.04. The van der Waals surface area contributed by atoms with Gasteiger partial charge in [0.05, 0.1) is 6.10 Å². The van der Waals surface area contributed by atoms with Crippen LogP contribution in [0.15, 0.2) is 16.9 Å². The topological polar surface area (TPSA) is 22.1 Å². The zero-order chi connectivity index (χ0) is 8.55. The number of rotatable bonds is 2. The molecule has 1 aliphatic rings. The number of hydrogen-bond donors (Lipinski definition) is 0. The Hall–Kier alpha value is -0.280. The fourth-order valence-electron chi connectivity index (χ4n) is 0.858. The monoisotopic (exact) mass is 247 g/mol. The van der Waals surface area contributed by atoms with E-state index in [1.165, 1.54) is 0 Å². The second-order valence-corrected chi connectivity index (χ2v) is 3.86. The van der Waals surface area contributed by atoms with Crippen LogP contribution in [-0.4, -0.2) is 11.1 Å². The van der Waals surface area contributed by atoms with Crippen molar-refractivity contribution in [3.8, 4) is 5.75 Å². The summed E-state index contributed by atoms with van der Waals surface area (Å²) in [5.41, 5.74) is 0. The molecule has 0 aliphatic heterocycles. The summed E-state index contributed by atoms with van der Waals surface area (Å²) in [7, 11) is 0. The smallest absolute Gasteiger partial charge is 0.142 e. The highest BCUT2D eigenvalue weighted by Crippen LogP contribution is 2.34. The molecular formula is C8H7BrClNO. The summed E-state index contributed by atoms with van der Waals surface area (Å²) in [5.74, 6) is 0.723. The number of pyridine rings is 1. The van der Waals surface area contributed by atoms with Crippen LogP contribution in [-0.2, 0) is 0 Å². The molecule has 1 fully saturated rings. The van der Waals surface area contributed by atoms with E-state index < -0.39 is 0 Å². The molecule has 0 amide bonds. The average Bonchev–Trinajstić information content (AvgIpc) is 2.83. The zero-order valence-electron chi connectivity index (χ0n) is 6.26. The third-order valence-corrected chi connectivity index (χ3v) is 2.82. The summed E-state index contributed by atoms with van der Waals surface area (Å²) in [6.07, 6.45) is 4.32. The molecule has 1 aromatic heterocycles. The van der Waals surface area contributed by atoms with E-state index in [1.54, 1.807) is 12.3 Å². The van der Waals surface area contributed by atoms with Gasteiger partial charge in [-0.15, -0.1) is 0 Å². The van der Waals surface area contributed by atoms with Gasteiger partial charge in [0, 0.05) is 12.3 Å². The molecule has 0 saturated heterocycles. The lowest BCUT2D eigenvalue weighted by Crippen LogP contribution is -1.96. The second kappa shape index (κ2) is 3.23. The molecule has 1 heterocycles. The highest BCUT2D eigenvalue weighted by molar-refractivity contribution is 9.10. The Morgan fingerprint density at radius 3 is 3.00 bits per heavy atom. The van der Waals surface area contributed by atoms with Crippen molar-refractivity contribution in [2.24, 2.45) is 0 Å². The molecular weight excluding hydrogens is 241 g/mol. The first-order chi connectivity index (χ1) is 5.77. The lowest BCUT2D eigenvalue weighted by molar-refractivity contribution is 0.303. The standard InChI is InChI=1S/C8H7BrClNO/c9-8-7(10)6(3-4-11-8)12-5-1-2-5/h3-5H,1-2H2. The highest BCUT2D eigenvalue weighted by atomic mass is 79.9. The van der Waals surface area contributed by atoms with Crippen LogP contribution in [0.4, 0.5) is 0 Å². The Morgan fingerprint density at radius 1 is 1.58 bits per heavy atom. The van der Waals surface area contributed by atoms with Crippen molar-refractivity contribution in [2.75, 3.05) is 0 Å². The van der Waals surface area contributed by atoms with Crippen molar-refractivity contribution < 1.29 is 4.74 Å². The Labute approximate surface area is 84.0 Å². The number of nitrogens with zero attached hydrogens (tertiary/aromatic N) is 1. The molecule has 0 N–H and O–H groups in total. The van der Waals surface area contributed by atoms with Gasteiger partial charge in [-0.05, 0) is 28.8 Å². The van der Waals surface area contributed by atoms with Gasteiger partial charge in [0.2, 0.25) is 0 Å². The van der Waals surface area contributed by atoms with E-state index in [0.29, 0.717) is 15.7 Å². The van der Waals surface area contributed by atoms with Crippen molar-refractivity contribution >= 4 is 27.5 Å². The highest BCUT2D eigenvalue weighted by Gasteiger charge is 2.24. The number of halogens is 2. The minimum atomic E-state index is 0.372. The van der Waals surface area contributed by atoms with Crippen LogP contribution in [0.5, 0.6) is 5.75 Å². The average molecular weight is 249 g/mol. The first-order valence-corrected chi connectivity index (χ1v) is 4.91. The summed E-state index contributed by atoms with van der Waals surface area (Å²) in [6, 6.07) is 1.78. The van der Waals surface area contributed by atoms with E-state index in [1.807, 2.05) is 0 Å². The first kappa shape index (κ1) is 8.32. The Bertz CT molecular complexity index is 301. The van der Waals surface area contributed by atoms with E-state index in [0.717, 1.165) is 18.6 Å². The largest absolute Gasteiger partial charge is 0.489 e. The summed E-state index contributed by atoms with van der Waals surface area (Å²) in [6.45, 7) is 0. The quantitative estimate of drug-likeness (QED) is 0.751. The van der Waals surface area contributed by atoms with Crippen molar-refractivity contribution in [2.45, 2.75) is 18.9 Å². The fourth-order valence-corrected chi connectivity index (χ4v) is 1.33. The van der Waals surface area contributed by atoms with Gasteiger partial charge < -0.3 is 4.74 Å². The van der Waals surface area contributed by atoms with Crippen LogP contribution in [0.2, 0.25) is 5.02 Å². The maximum Gasteiger partial charge on any atom is 0.142 e. The Morgan fingerprint density at radius 2 is 2.33 bits per heavy atom. The molecule has 1 saturated carbocycles. The van der Waals surface area contributed by atoms with Crippen LogP contribution in [0.25, 0.3) is 0 Å². The van der Waals surface area contributed by atoms with Crippen LogP contribution < -0.4 is 4.74 Å². The molecule has 0 spiro atoms. The molecule has 0 bridgehead atoms. The second-order valence-electron chi connectivity index (χ2n) is 2.73. The van der Waals surface area contributed by atoms with Crippen LogP contribution in [0.3, 0.4) is 0 Å².